The van der Waals surface area contributed by atoms with Crippen molar-refractivity contribution >= 4 is 40.9 Å². The molecule has 2 aromatic rings. The van der Waals surface area contributed by atoms with Crippen LogP contribution in [-0.2, 0) is 19.1 Å². The lowest BCUT2D eigenvalue weighted by Gasteiger charge is -2.27. The van der Waals surface area contributed by atoms with Gasteiger partial charge >= 0.3 is 5.97 Å². The number of benzene rings is 2. The Kier molecular flexibility index (Phi) is 5.52. The van der Waals surface area contributed by atoms with Gasteiger partial charge in [-0.3, -0.25) is 19.3 Å². The zero-order chi connectivity index (χ0) is 18.5. The van der Waals surface area contributed by atoms with Crippen LogP contribution in [0.5, 0.6) is 0 Å². The molecule has 0 fully saturated rings. The summed E-state index contributed by atoms with van der Waals surface area (Å²) in [6.07, 6.45) is 0. The number of rotatable bonds is 5. The van der Waals surface area contributed by atoms with Crippen molar-refractivity contribution in [3.05, 3.63) is 54.3 Å². The van der Waals surface area contributed by atoms with E-state index in [1.54, 1.807) is 12.1 Å². The number of para-hydroxylation sites is 1. The van der Waals surface area contributed by atoms with Crippen molar-refractivity contribution in [1.29, 1.82) is 0 Å². The fourth-order valence-electron chi connectivity index (χ4n) is 2.38. The maximum absolute atomic E-state index is 12.8. The number of fused-ring (bicyclic) bond motifs is 1. The number of halogens is 1. The molecule has 0 aliphatic carbocycles. The maximum atomic E-state index is 12.8. The molecular weight excluding hydrogens is 359 g/mol. The van der Waals surface area contributed by atoms with Gasteiger partial charge in [0.15, 0.2) is 6.61 Å². The second kappa shape index (κ2) is 8.01. The molecule has 1 aliphatic heterocycles. The van der Waals surface area contributed by atoms with E-state index < -0.39 is 24.3 Å². The van der Waals surface area contributed by atoms with Gasteiger partial charge in [-0.05, 0) is 36.4 Å². The predicted molar refractivity (Wildman–Crippen MR) is 95.5 cm³/mol. The van der Waals surface area contributed by atoms with Crippen LogP contribution in [0.25, 0.3) is 0 Å². The normalized spacial score (nSPS) is 13.1. The number of hydrogen-bond acceptors (Lipinski definition) is 5. The van der Waals surface area contributed by atoms with Crippen molar-refractivity contribution in [2.45, 2.75) is 4.90 Å². The fourth-order valence-corrected chi connectivity index (χ4v) is 3.31. The standard InChI is InChI=1S/C18H15FN2O4S/c19-12-5-7-13(8-6-12)20-16(22)10-25-18(24)9-21-14-3-1-2-4-15(14)26-11-17(21)23/h1-8H,9-11H2,(H,20,22). The van der Waals surface area contributed by atoms with E-state index in [4.69, 9.17) is 4.74 Å². The molecule has 0 saturated heterocycles. The first-order valence-corrected chi connectivity index (χ1v) is 8.75. The number of carbonyl (C=O) groups excluding carboxylic acids is 3. The Morgan fingerprint density at radius 1 is 1.15 bits per heavy atom. The number of nitrogens with one attached hydrogen (secondary N) is 1. The summed E-state index contributed by atoms with van der Waals surface area (Å²) in [6, 6.07) is 12.5. The van der Waals surface area contributed by atoms with Crippen molar-refractivity contribution in [2.24, 2.45) is 0 Å². The van der Waals surface area contributed by atoms with E-state index in [0.29, 0.717) is 11.4 Å². The number of anilines is 2. The van der Waals surface area contributed by atoms with Crippen LogP contribution in [0.4, 0.5) is 15.8 Å². The van der Waals surface area contributed by atoms with Gasteiger partial charge < -0.3 is 10.1 Å². The van der Waals surface area contributed by atoms with E-state index in [9.17, 15) is 18.8 Å². The number of carbonyl (C=O) groups is 3. The van der Waals surface area contributed by atoms with E-state index in [-0.39, 0.29) is 18.2 Å². The summed E-state index contributed by atoms with van der Waals surface area (Å²) in [5, 5.41) is 2.49. The number of thioether (sulfide) groups is 1. The van der Waals surface area contributed by atoms with Crippen LogP contribution in [-0.4, -0.2) is 36.7 Å². The average molecular weight is 374 g/mol. The lowest BCUT2D eigenvalue weighted by molar-refractivity contribution is -0.146. The predicted octanol–water partition coefficient (Wildman–Crippen LogP) is 2.45. The van der Waals surface area contributed by atoms with E-state index in [2.05, 4.69) is 5.32 Å². The Morgan fingerprint density at radius 2 is 1.88 bits per heavy atom. The first-order chi connectivity index (χ1) is 12.5. The lowest BCUT2D eigenvalue weighted by atomic mass is 10.2. The quantitative estimate of drug-likeness (QED) is 0.814. The zero-order valence-corrected chi connectivity index (χ0v) is 14.4. The van der Waals surface area contributed by atoms with E-state index in [1.165, 1.54) is 40.9 Å². The molecule has 0 atom stereocenters. The summed E-state index contributed by atoms with van der Waals surface area (Å²) >= 11 is 1.41. The Balaban J connectivity index is 1.53. The van der Waals surface area contributed by atoms with Crippen LogP contribution in [0.1, 0.15) is 0 Å². The monoisotopic (exact) mass is 374 g/mol. The first-order valence-electron chi connectivity index (χ1n) is 7.76. The van der Waals surface area contributed by atoms with Gasteiger partial charge in [0.1, 0.15) is 12.4 Å². The van der Waals surface area contributed by atoms with Crippen molar-refractivity contribution in [1.82, 2.24) is 0 Å². The van der Waals surface area contributed by atoms with Gasteiger partial charge in [0.2, 0.25) is 5.91 Å². The van der Waals surface area contributed by atoms with Gasteiger partial charge in [0, 0.05) is 10.6 Å². The molecule has 0 unspecified atom stereocenters. The van der Waals surface area contributed by atoms with Crippen LogP contribution in [0, 0.1) is 5.82 Å². The number of esters is 1. The fraction of sp³-hybridized carbons (Fsp3) is 0.167. The third kappa shape index (κ3) is 4.40. The zero-order valence-electron chi connectivity index (χ0n) is 13.6. The Bertz CT molecular complexity index is 841. The minimum atomic E-state index is -0.686. The molecule has 3 rings (SSSR count). The molecule has 0 bridgehead atoms. The van der Waals surface area contributed by atoms with Crippen LogP contribution in [0.2, 0.25) is 0 Å². The summed E-state index contributed by atoms with van der Waals surface area (Å²) in [7, 11) is 0. The summed E-state index contributed by atoms with van der Waals surface area (Å²) < 4.78 is 17.8. The molecule has 8 heteroatoms. The van der Waals surface area contributed by atoms with E-state index in [0.717, 1.165) is 4.90 Å². The molecule has 2 aromatic carbocycles. The molecular formula is C18H15FN2O4S. The van der Waals surface area contributed by atoms with Gasteiger partial charge in [-0.2, -0.15) is 0 Å². The van der Waals surface area contributed by atoms with E-state index in [1.807, 2.05) is 12.1 Å². The third-order valence-corrected chi connectivity index (χ3v) is 4.64. The second-order valence-electron chi connectivity index (χ2n) is 5.45. The minimum absolute atomic E-state index is 0.193. The topological polar surface area (TPSA) is 75.7 Å². The van der Waals surface area contributed by atoms with Gasteiger partial charge in [-0.1, -0.05) is 12.1 Å². The highest BCUT2D eigenvalue weighted by Gasteiger charge is 2.26. The van der Waals surface area contributed by atoms with Crippen molar-refractivity contribution in [3.63, 3.8) is 0 Å². The molecule has 1 aliphatic rings. The van der Waals surface area contributed by atoms with Crippen LogP contribution in [0.15, 0.2) is 53.4 Å². The molecule has 1 heterocycles. The largest absolute Gasteiger partial charge is 0.454 e. The molecule has 0 spiro atoms. The number of nitrogens with zero attached hydrogens (tertiary/aromatic N) is 1. The van der Waals surface area contributed by atoms with Crippen molar-refractivity contribution in [3.8, 4) is 0 Å². The highest BCUT2D eigenvalue weighted by Crippen LogP contribution is 2.34. The highest BCUT2D eigenvalue weighted by molar-refractivity contribution is 8.00. The highest BCUT2D eigenvalue weighted by atomic mass is 32.2. The molecule has 0 aromatic heterocycles. The van der Waals surface area contributed by atoms with Crippen molar-refractivity contribution < 1.29 is 23.5 Å². The third-order valence-electron chi connectivity index (χ3n) is 3.59. The van der Waals surface area contributed by atoms with Crippen LogP contribution in [0.3, 0.4) is 0 Å². The number of ether oxygens (including phenoxy) is 1. The molecule has 26 heavy (non-hydrogen) atoms. The molecule has 0 saturated carbocycles. The Morgan fingerprint density at radius 3 is 2.65 bits per heavy atom. The summed E-state index contributed by atoms with van der Waals surface area (Å²) in [5.74, 6) is -1.60. The van der Waals surface area contributed by atoms with Crippen LogP contribution < -0.4 is 10.2 Å². The molecule has 6 nitrogen and oxygen atoms in total. The maximum Gasteiger partial charge on any atom is 0.326 e. The van der Waals surface area contributed by atoms with Crippen molar-refractivity contribution in [2.75, 3.05) is 29.1 Å². The van der Waals surface area contributed by atoms with Gasteiger partial charge in [0.25, 0.3) is 5.91 Å². The van der Waals surface area contributed by atoms with Gasteiger partial charge in [0.05, 0.1) is 11.4 Å². The Labute approximate surface area is 153 Å². The molecule has 134 valence electrons. The number of hydrogen-bond donors (Lipinski definition) is 1. The lowest BCUT2D eigenvalue weighted by Crippen LogP contribution is -2.40. The van der Waals surface area contributed by atoms with Gasteiger partial charge in [-0.15, -0.1) is 11.8 Å². The number of amides is 2. The summed E-state index contributed by atoms with van der Waals surface area (Å²) in [4.78, 5) is 38.2. The minimum Gasteiger partial charge on any atom is -0.454 e. The van der Waals surface area contributed by atoms with Crippen LogP contribution >= 0.6 is 11.8 Å². The Hall–Kier alpha value is -2.87. The second-order valence-corrected chi connectivity index (χ2v) is 6.47. The first kappa shape index (κ1) is 17.9. The van der Waals surface area contributed by atoms with E-state index >= 15 is 0 Å². The summed E-state index contributed by atoms with van der Waals surface area (Å²) in [5.41, 5.74) is 1.05. The average Bonchev–Trinajstić information content (AvgIpc) is 2.64. The van der Waals surface area contributed by atoms with Gasteiger partial charge in [-0.25, -0.2) is 4.39 Å². The SMILES string of the molecule is O=C(COC(=O)CN1C(=O)CSc2ccccc21)Nc1ccc(F)cc1. The smallest absolute Gasteiger partial charge is 0.326 e. The molecule has 2 amide bonds. The summed E-state index contributed by atoms with van der Waals surface area (Å²) in [6.45, 7) is -0.755. The molecule has 1 N–H and O–H groups in total. The molecule has 0 radical (unpaired) electrons.